The third-order valence-corrected chi connectivity index (χ3v) is 5.13. The second kappa shape index (κ2) is 9.53. The van der Waals surface area contributed by atoms with E-state index in [0.717, 1.165) is 5.56 Å². The zero-order valence-electron chi connectivity index (χ0n) is 18.7. The highest BCUT2D eigenvalue weighted by Crippen LogP contribution is 2.32. The van der Waals surface area contributed by atoms with Gasteiger partial charge >= 0.3 is 0 Å². The smallest absolute Gasteiger partial charge is 0.274 e. The van der Waals surface area contributed by atoms with Gasteiger partial charge in [0.25, 0.3) is 5.91 Å². The predicted octanol–water partition coefficient (Wildman–Crippen LogP) is 3.76. The Labute approximate surface area is 195 Å². The lowest BCUT2D eigenvalue weighted by atomic mass is 10.0. The fourth-order valence-electron chi connectivity index (χ4n) is 3.56. The number of aromatic nitrogens is 3. The molecule has 0 unspecified atom stereocenters. The van der Waals surface area contributed by atoms with Crippen molar-refractivity contribution in [3.8, 4) is 28.3 Å². The number of ether oxygens (including phenoxy) is 1. The SMILES string of the molecule is COc1ccccc1CNC(=O)c1nc(-c2cc(C)nc(N)c2)c(-c2ccc(F)cc2)nc1N. The van der Waals surface area contributed by atoms with Gasteiger partial charge < -0.3 is 21.5 Å². The molecule has 0 saturated heterocycles. The number of carbonyl (C=O) groups excluding carboxylic acids is 1. The van der Waals surface area contributed by atoms with Gasteiger partial charge in [-0.05, 0) is 49.4 Å². The number of nitrogen functional groups attached to an aromatic ring is 2. The Kier molecular flexibility index (Phi) is 6.35. The molecule has 5 N–H and O–H groups in total. The predicted molar refractivity (Wildman–Crippen MR) is 128 cm³/mol. The van der Waals surface area contributed by atoms with Crippen LogP contribution in [0.25, 0.3) is 22.5 Å². The van der Waals surface area contributed by atoms with Crippen molar-refractivity contribution in [3.63, 3.8) is 0 Å². The Morgan fingerprint density at radius 3 is 2.38 bits per heavy atom. The number of benzene rings is 2. The molecule has 4 rings (SSSR count). The van der Waals surface area contributed by atoms with Crippen LogP contribution in [0.1, 0.15) is 21.7 Å². The maximum Gasteiger partial charge on any atom is 0.274 e. The van der Waals surface area contributed by atoms with Crippen molar-refractivity contribution in [2.45, 2.75) is 13.5 Å². The lowest BCUT2D eigenvalue weighted by Crippen LogP contribution is -2.26. The van der Waals surface area contributed by atoms with E-state index in [-0.39, 0.29) is 23.9 Å². The van der Waals surface area contributed by atoms with Crippen LogP contribution < -0.4 is 21.5 Å². The largest absolute Gasteiger partial charge is 0.496 e. The van der Waals surface area contributed by atoms with Crippen molar-refractivity contribution in [2.24, 2.45) is 0 Å². The summed E-state index contributed by atoms with van der Waals surface area (Å²) in [5, 5.41) is 2.81. The number of rotatable bonds is 6. The average Bonchev–Trinajstić information content (AvgIpc) is 2.82. The van der Waals surface area contributed by atoms with E-state index in [4.69, 9.17) is 16.2 Å². The number of nitrogens with two attached hydrogens (primary N) is 2. The average molecular weight is 458 g/mol. The first kappa shape index (κ1) is 22.7. The van der Waals surface area contributed by atoms with Gasteiger partial charge in [-0.15, -0.1) is 0 Å². The number of aryl methyl sites for hydroxylation is 1. The van der Waals surface area contributed by atoms with Crippen LogP contribution in [0.5, 0.6) is 5.75 Å². The Balaban J connectivity index is 1.76. The second-order valence-electron chi connectivity index (χ2n) is 7.58. The third-order valence-electron chi connectivity index (χ3n) is 5.13. The maximum atomic E-state index is 13.5. The molecule has 0 aliphatic rings. The minimum absolute atomic E-state index is 0.0382. The number of carbonyl (C=O) groups is 1. The number of amides is 1. The normalized spacial score (nSPS) is 10.7. The molecule has 0 saturated carbocycles. The molecule has 0 atom stereocenters. The number of hydrogen-bond acceptors (Lipinski definition) is 7. The molecule has 8 nitrogen and oxygen atoms in total. The molecule has 0 bridgehead atoms. The first-order chi connectivity index (χ1) is 16.4. The molecule has 0 aliphatic carbocycles. The van der Waals surface area contributed by atoms with Gasteiger partial charge in [-0.25, -0.2) is 19.3 Å². The maximum absolute atomic E-state index is 13.5. The van der Waals surface area contributed by atoms with Gasteiger partial charge in [-0.3, -0.25) is 4.79 Å². The molecule has 0 fully saturated rings. The Hall–Kier alpha value is -4.53. The second-order valence-corrected chi connectivity index (χ2v) is 7.58. The number of anilines is 2. The van der Waals surface area contributed by atoms with E-state index >= 15 is 0 Å². The summed E-state index contributed by atoms with van der Waals surface area (Å²) in [5.41, 5.74) is 15.5. The number of pyridine rings is 1. The van der Waals surface area contributed by atoms with Crippen LogP contribution >= 0.6 is 0 Å². The summed E-state index contributed by atoms with van der Waals surface area (Å²) < 4.78 is 18.8. The minimum Gasteiger partial charge on any atom is -0.496 e. The van der Waals surface area contributed by atoms with Crippen LogP contribution in [0.2, 0.25) is 0 Å². The molecule has 0 radical (unpaired) electrons. The van der Waals surface area contributed by atoms with Gasteiger partial charge in [-0.2, -0.15) is 0 Å². The molecule has 4 aromatic rings. The Morgan fingerprint density at radius 1 is 0.971 bits per heavy atom. The first-order valence-corrected chi connectivity index (χ1v) is 10.4. The summed E-state index contributed by atoms with van der Waals surface area (Å²) in [6.07, 6.45) is 0. The van der Waals surface area contributed by atoms with E-state index in [1.807, 2.05) is 18.2 Å². The number of hydrogen-bond donors (Lipinski definition) is 3. The van der Waals surface area contributed by atoms with Gasteiger partial charge in [-0.1, -0.05) is 18.2 Å². The van der Waals surface area contributed by atoms with Crippen molar-refractivity contribution in [3.05, 3.63) is 83.4 Å². The van der Waals surface area contributed by atoms with Crippen LogP contribution in [0.4, 0.5) is 16.0 Å². The van der Waals surface area contributed by atoms with E-state index in [1.54, 1.807) is 44.4 Å². The van der Waals surface area contributed by atoms with Crippen LogP contribution in [0, 0.1) is 12.7 Å². The summed E-state index contributed by atoms with van der Waals surface area (Å²) in [6, 6.07) is 16.5. The standard InChI is InChI=1S/C25H23FN6O2/c1-14-11-17(12-20(27)30-14)22-21(15-7-9-18(26)10-8-15)32-24(28)23(31-22)25(33)29-13-16-5-3-4-6-19(16)34-2/h3-12H,13H2,1-2H3,(H2,27,30)(H2,28,32)(H,29,33). The number of nitrogens with one attached hydrogen (secondary N) is 1. The zero-order valence-corrected chi connectivity index (χ0v) is 18.7. The van der Waals surface area contributed by atoms with E-state index in [1.165, 1.54) is 12.1 Å². The van der Waals surface area contributed by atoms with Crippen molar-refractivity contribution in [1.29, 1.82) is 0 Å². The zero-order chi connectivity index (χ0) is 24.2. The van der Waals surface area contributed by atoms with Crippen LogP contribution in [0.3, 0.4) is 0 Å². The molecule has 172 valence electrons. The highest BCUT2D eigenvalue weighted by molar-refractivity contribution is 5.98. The summed E-state index contributed by atoms with van der Waals surface area (Å²) >= 11 is 0. The van der Waals surface area contributed by atoms with Gasteiger partial charge in [0, 0.05) is 28.9 Å². The fourth-order valence-corrected chi connectivity index (χ4v) is 3.56. The van der Waals surface area contributed by atoms with Crippen molar-refractivity contribution in [2.75, 3.05) is 18.6 Å². The molecular weight excluding hydrogens is 435 g/mol. The molecule has 34 heavy (non-hydrogen) atoms. The topological polar surface area (TPSA) is 129 Å². The molecule has 9 heteroatoms. The van der Waals surface area contributed by atoms with Crippen LogP contribution in [-0.4, -0.2) is 28.0 Å². The minimum atomic E-state index is -0.499. The summed E-state index contributed by atoms with van der Waals surface area (Å²) in [7, 11) is 1.56. The Morgan fingerprint density at radius 2 is 1.68 bits per heavy atom. The summed E-state index contributed by atoms with van der Waals surface area (Å²) in [4.78, 5) is 26.3. The van der Waals surface area contributed by atoms with Crippen molar-refractivity contribution < 1.29 is 13.9 Å². The molecule has 2 aromatic heterocycles. The molecule has 2 heterocycles. The van der Waals surface area contributed by atoms with Gasteiger partial charge in [0.15, 0.2) is 11.5 Å². The molecule has 0 spiro atoms. The molecular formula is C25H23FN6O2. The van der Waals surface area contributed by atoms with Gasteiger partial charge in [0.1, 0.15) is 17.4 Å². The summed E-state index contributed by atoms with van der Waals surface area (Å²) in [5.74, 6) is 0.00118. The highest BCUT2D eigenvalue weighted by Gasteiger charge is 2.21. The molecule has 1 amide bonds. The third kappa shape index (κ3) is 4.78. The van der Waals surface area contributed by atoms with E-state index in [9.17, 15) is 9.18 Å². The molecule has 2 aromatic carbocycles. The lowest BCUT2D eigenvalue weighted by Gasteiger charge is -2.14. The number of nitrogens with zero attached hydrogens (tertiary/aromatic N) is 3. The van der Waals surface area contributed by atoms with Gasteiger partial charge in [0.05, 0.1) is 18.5 Å². The van der Waals surface area contributed by atoms with Crippen molar-refractivity contribution >= 4 is 17.5 Å². The first-order valence-electron chi connectivity index (χ1n) is 10.4. The number of halogens is 1. The van der Waals surface area contributed by atoms with Gasteiger partial charge in [0.2, 0.25) is 0 Å². The fraction of sp³-hybridized carbons (Fsp3) is 0.120. The van der Waals surface area contributed by atoms with Crippen LogP contribution in [-0.2, 0) is 6.54 Å². The van der Waals surface area contributed by atoms with E-state index in [2.05, 4.69) is 20.3 Å². The molecule has 0 aliphatic heterocycles. The Bertz CT molecular complexity index is 1340. The highest BCUT2D eigenvalue weighted by atomic mass is 19.1. The van der Waals surface area contributed by atoms with E-state index < -0.39 is 5.91 Å². The monoisotopic (exact) mass is 458 g/mol. The summed E-state index contributed by atoms with van der Waals surface area (Å²) in [6.45, 7) is 2.00. The van der Waals surface area contributed by atoms with E-state index in [0.29, 0.717) is 39.8 Å². The lowest BCUT2D eigenvalue weighted by molar-refractivity contribution is 0.0946. The quantitative estimate of drug-likeness (QED) is 0.401. The van der Waals surface area contributed by atoms with Crippen molar-refractivity contribution in [1.82, 2.24) is 20.3 Å². The number of para-hydroxylation sites is 1. The van der Waals surface area contributed by atoms with Crippen LogP contribution in [0.15, 0.2) is 60.7 Å². The number of methoxy groups -OCH3 is 1.